The maximum atomic E-state index is 11.9. The second-order valence-corrected chi connectivity index (χ2v) is 4.15. The lowest BCUT2D eigenvalue weighted by molar-refractivity contribution is -0.129. The Balaban J connectivity index is 1.83. The highest BCUT2D eigenvalue weighted by molar-refractivity contribution is 5.80. The molecule has 1 saturated heterocycles. The van der Waals surface area contributed by atoms with Crippen LogP contribution < -0.4 is 10.6 Å². The first kappa shape index (κ1) is 11.9. The topological polar surface area (TPSA) is 57.3 Å². The highest BCUT2D eigenvalue weighted by atomic mass is 16.2. The number of nitrogens with one attached hydrogen (secondary N) is 2. The largest absolute Gasteiger partial charge is 0.361 e. The summed E-state index contributed by atoms with van der Waals surface area (Å²) in [5, 5.41) is 6.28. The molecule has 5 heteroatoms. The lowest BCUT2D eigenvalue weighted by Gasteiger charge is -2.27. The zero-order chi connectivity index (χ0) is 12.1. The number of anilines is 1. The van der Waals surface area contributed by atoms with E-state index < -0.39 is 0 Å². The molecule has 1 aromatic rings. The summed E-state index contributed by atoms with van der Waals surface area (Å²) in [6, 6.07) is 5.74. The Morgan fingerprint density at radius 1 is 1.47 bits per heavy atom. The Morgan fingerprint density at radius 2 is 2.24 bits per heavy atom. The first-order chi connectivity index (χ1) is 8.25. The summed E-state index contributed by atoms with van der Waals surface area (Å²) in [5.74, 6) is 0.892. The number of carbonyl (C=O) groups excluding carboxylic acids is 1. The summed E-state index contributed by atoms with van der Waals surface area (Å²) in [6.45, 7) is 5.60. The first-order valence-electron chi connectivity index (χ1n) is 5.92. The first-order valence-corrected chi connectivity index (χ1v) is 5.92. The van der Waals surface area contributed by atoms with Crippen LogP contribution in [0, 0.1) is 6.92 Å². The summed E-state index contributed by atoms with van der Waals surface area (Å²) >= 11 is 0. The number of aryl methyl sites for hydroxylation is 1. The smallest absolute Gasteiger partial charge is 0.242 e. The molecule has 0 spiro atoms. The lowest BCUT2D eigenvalue weighted by Crippen LogP contribution is -2.48. The van der Waals surface area contributed by atoms with Crippen molar-refractivity contribution in [1.82, 2.24) is 15.2 Å². The van der Waals surface area contributed by atoms with Crippen molar-refractivity contribution in [1.29, 1.82) is 0 Å². The molecule has 1 aliphatic heterocycles. The highest BCUT2D eigenvalue weighted by Gasteiger charge is 2.15. The van der Waals surface area contributed by atoms with Gasteiger partial charge in [0.2, 0.25) is 5.91 Å². The van der Waals surface area contributed by atoms with Crippen LogP contribution in [0.5, 0.6) is 0 Å². The predicted molar refractivity (Wildman–Crippen MR) is 66.9 cm³/mol. The third-order valence-electron chi connectivity index (χ3n) is 2.78. The molecular weight excluding hydrogens is 216 g/mol. The van der Waals surface area contributed by atoms with Crippen molar-refractivity contribution in [3.8, 4) is 0 Å². The number of amides is 1. The van der Waals surface area contributed by atoms with Gasteiger partial charge in [0, 0.05) is 31.9 Å². The third kappa shape index (κ3) is 3.42. The Hall–Kier alpha value is -1.62. The number of nitrogens with zero attached hydrogens (tertiary/aromatic N) is 2. The highest BCUT2D eigenvalue weighted by Crippen LogP contribution is 2.03. The van der Waals surface area contributed by atoms with Crippen LogP contribution >= 0.6 is 0 Å². The van der Waals surface area contributed by atoms with Gasteiger partial charge >= 0.3 is 0 Å². The van der Waals surface area contributed by atoms with Crippen LogP contribution in [-0.2, 0) is 4.79 Å². The fourth-order valence-electron chi connectivity index (χ4n) is 1.83. The van der Waals surface area contributed by atoms with Crippen molar-refractivity contribution in [2.24, 2.45) is 0 Å². The van der Waals surface area contributed by atoms with Gasteiger partial charge in [-0.1, -0.05) is 6.07 Å². The van der Waals surface area contributed by atoms with E-state index in [0.717, 1.165) is 37.7 Å². The van der Waals surface area contributed by atoms with Crippen molar-refractivity contribution in [3.63, 3.8) is 0 Å². The number of carbonyl (C=O) groups is 1. The van der Waals surface area contributed by atoms with E-state index in [4.69, 9.17) is 0 Å². The molecule has 17 heavy (non-hydrogen) atoms. The van der Waals surface area contributed by atoms with Crippen LogP contribution in [0.3, 0.4) is 0 Å². The van der Waals surface area contributed by atoms with Crippen molar-refractivity contribution >= 4 is 11.7 Å². The van der Waals surface area contributed by atoms with Crippen LogP contribution in [0.15, 0.2) is 18.2 Å². The summed E-state index contributed by atoms with van der Waals surface area (Å²) < 4.78 is 0. The van der Waals surface area contributed by atoms with Gasteiger partial charge in [0.15, 0.2) is 0 Å². The molecular formula is C12H18N4O. The molecule has 0 aromatic carbocycles. The van der Waals surface area contributed by atoms with Gasteiger partial charge in [-0.05, 0) is 19.1 Å². The molecule has 0 unspecified atom stereocenters. The van der Waals surface area contributed by atoms with E-state index in [1.165, 1.54) is 0 Å². The molecule has 0 aliphatic carbocycles. The zero-order valence-corrected chi connectivity index (χ0v) is 10.1. The maximum Gasteiger partial charge on any atom is 0.242 e. The number of hydrogen-bond acceptors (Lipinski definition) is 4. The molecule has 92 valence electrons. The van der Waals surface area contributed by atoms with E-state index in [2.05, 4.69) is 15.6 Å². The standard InChI is InChI=1S/C12H18N4O/c1-10-3-2-4-11(15-10)14-9-12(17)16-7-5-13-6-8-16/h2-4,13H,5-9H2,1H3,(H,14,15). The fourth-order valence-corrected chi connectivity index (χ4v) is 1.83. The maximum absolute atomic E-state index is 11.9. The Kier molecular flexibility index (Phi) is 3.93. The molecule has 0 atom stereocenters. The number of piperazine rings is 1. The normalized spacial score (nSPS) is 15.7. The molecule has 0 saturated carbocycles. The van der Waals surface area contributed by atoms with Gasteiger partial charge in [0.05, 0.1) is 6.54 Å². The molecule has 0 radical (unpaired) electrons. The van der Waals surface area contributed by atoms with Gasteiger partial charge in [-0.25, -0.2) is 4.98 Å². The minimum Gasteiger partial charge on any atom is -0.361 e. The van der Waals surface area contributed by atoms with E-state index >= 15 is 0 Å². The van der Waals surface area contributed by atoms with Crippen LogP contribution in [-0.4, -0.2) is 48.5 Å². The van der Waals surface area contributed by atoms with E-state index in [1.54, 1.807) is 0 Å². The summed E-state index contributed by atoms with van der Waals surface area (Å²) in [5.41, 5.74) is 0.949. The third-order valence-corrected chi connectivity index (χ3v) is 2.78. The molecule has 1 amide bonds. The van der Waals surface area contributed by atoms with Gasteiger partial charge in [-0.2, -0.15) is 0 Å². The van der Waals surface area contributed by atoms with Crippen molar-refractivity contribution in [2.45, 2.75) is 6.92 Å². The Bertz CT molecular complexity index is 388. The average Bonchev–Trinajstić information content (AvgIpc) is 2.37. The monoisotopic (exact) mass is 234 g/mol. The zero-order valence-electron chi connectivity index (χ0n) is 10.1. The molecule has 2 N–H and O–H groups in total. The molecule has 5 nitrogen and oxygen atoms in total. The summed E-state index contributed by atoms with van der Waals surface area (Å²) in [6.07, 6.45) is 0. The van der Waals surface area contributed by atoms with E-state index in [9.17, 15) is 4.79 Å². The lowest BCUT2D eigenvalue weighted by atomic mass is 10.3. The second kappa shape index (κ2) is 5.63. The summed E-state index contributed by atoms with van der Waals surface area (Å²) in [4.78, 5) is 18.0. The summed E-state index contributed by atoms with van der Waals surface area (Å²) in [7, 11) is 0. The van der Waals surface area contributed by atoms with Crippen molar-refractivity contribution in [3.05, 3.63) is 23.9 Å². The van der Waals surface area contributed by atoms with Gasteiger partial charge in [-0.3, -0.25) is 4.79 Å². The molecule has 2 heterocycles. The molecule has 1 aromatic heterocycles. The minimum atomic E-state index is 0.134. The van der Waals surface area contributed by atoms with E-state index in [1.807, 2.05) is 30.0 Å². The van der Waals surface area contributed by atoms with E-state index in [0.29, 0.717) is 6.54 Å². The number of pyridine rings is 1. The van der Waals surface area contributed by atoms with Crippen molar-refractivity contribution < 1.29 is 4.79 Å². The fraction of sp³-hybridized carbons (Fsp3) is 0.500. The predicted octanol–water partition coefficient (Wildman–Crippen LogP) is 0.234. The van der Waals surface area contributed by atoms with Crippen molar-refractivity contribution in [2.75, 3.05) is 38.0 Å². The minimum absolute atomic E-state index is 0.134. The molecule has 1 fully saturated rings. The van der Waals surface area contributed by atoms with Gasteiger partial charge < -0.3 is 15.5 Å². The quantitative estimate of drug-likeness (QED) is 0.786. The molecule has 0 bridgehead atoms. The SMILES string of the molecule is Cc1cccc(NCC(=O)N2CCNCC2)n1. The van der Waals surface area contributed by atoms with Crippen LogP contribution in [0.4, 0.5) is 5.82 Å². The number of hydrogen-bond donors (Lipinski definition) is 2. The van der Waals surface area contributed by atoms with Crippen LogP contribution in [0.1, 0.15) is 5.69 Å². The Morgan fingerprint density at radius 3 is 2.94 bits per heavy atom. The van der Waals surface area contributed by atoms with Gasteiger partial charge in [-0.15, -0.1) is 0 Å². The van der Waals surface area contributed by atoms with Gasteiger partial charge in [0.25, 0.3) is 0 Å². The van der Waals surface area contributed by atoms with Crippen LogP contribution in [0.25, 0.3) is 0 Å². The van der Waals surface area contributed by atoms with E-state index in [-0.39, 0.29) is 5.91 Å². The van der Waals surface area contributed by atoms with Gasteiger partial charge in [0.1, 0.15) is 5.82 Å². The Labute approximate surface area is 101 Å². The number of aromatic nitrogens is 1. The number of rotatable bonds is 3. The second-order valence-electron chi connectivity index (χ2n) is 4.15. The van der Waals surface area contributed by atoms with Crippen LogP contribution in [0.2, 0.25) is 0 Å². The molecule has 2 rings (SSSR count). The molecule has 1 aliphatic rings. The average molecular weight is 234 g/mol.